The number of rotatable bonds is 7. The highest BCUT2D eigenvalue weighted by molar-refractivity contribution is 5.28. The Hall–Kier alpha value is -1.27. The van der Waals surface area contributed by atoms with Gasteiger partial charge in [-0.1, -0.05) is 26.7 Å². The molecule has 1 rings (SSSR count). The van der Waals surface area contributed by atoms with Crippen LogP contribution in [0.4, 0.5) is 0 Å². The zero-order valence-electron chi connectivity index (χ0n) is 11.2. The number of hydrogen-bond acceptors (Lipinski definition) is 2. The van der Waals surface area contributed by atoms with Crippen LogP contribution < -0.4 is 5.32 Å². The van der Waals surface area contributed by atoms with Crippen molar-refractivity contribution in [2.45, 2.75) is 39.7 Å². The Bertz CT molecular complexity index is 371. The summed E-state index contributed by atoms with van der Waals surface area (Å²) in [4.78, 5) is 0. The van der Waals surface area contributed by atoms with Crippen molar-refractivity contribution < 1.29 is 0 Å². The topological polar surface area (TPSA) is 40.8 Å². The summed E-state index contributed by atoms with van der Waals surface area (Å²) in [5, 5.41) is 12.3. The van der Waals surface area contributed by atoms with Crippen LogP contribution in [0.15, 0.2) is 12.3 Å². The van der Waals surface area contributed by atoms with E-state index in [2.05, 4.69) is 25.2 Å². The van der Waals surface area contributed by atoms with E-state index >= 15 is 0 Å². The summed E-state index contributed by atoms with van der Waals surface area (Å²) in [5.41, 5.74) is 1.91. The number of unbranched alkanes of at least 4 members (excludes halogenated alkanes) is 1. The van der Waals surface area contributed by atoms with Gasteiger partial charge < -0.3 is 9.88 Å². The lowest BCUT2D eigenvalue weighted by Gasteiger charge is -2.05. The van der Waals surface area contributed by atoms with Gasteiger partial charge in [0.2, 0.25) is 0 Å². The quantitative estimate of drug-likeness (QED) is 0.736. The third-order valence-corrected chi connectivity index (χ3v) is 2.89. The van der Waals surface area contributed by atoms with Crippen molar-refractivity contribution in [1.29, 1.82) is 5.26 Å². The second-order valence-electron chi connectivity index (χ2n) is 5.02. The van der Waals surface area contributed by atoms with Gasteiger partial charge in [-0.15, -0.1) is 0 Å². The molecule has 0 aliphatic rings. The highest BCUT2D eigenvalue weighted by atomic mass is 14.9. The number of nitrogens with zero attached hydrogens (tertiary/aromatic N) is 2. The Balaban J connectivity index is 2.16. The fourth-order valence-electron chi connectivity index (χ4n) is 1.88. The minimum atomic E-state index is 0.724. The van der Waals surface area contributed by atoms with Gasteiger partial charge in [-0.25, -0.2) is 0 Å². The largest absolute Gasteiger partial charge is 0.342 e. The van der Waals surface area contributed by atoms with E-state index in [4.69, 9.17) is 5.26 Å². The second-order valence-corrected chi connectivity index (χ2v) is 5.02. The van der Waals surface area contributed by atoms with Crippen LogP contribution in [0.2, 0.25) is 0 Å². The highest BCUT2D eigenvalue weighted by Gasteiger charge is 2.01. The normalized spacial score (nSPS) is 10.8. The first kappa shape index (κ1) is 13.8. The first-order valence-electron chi connectivity index (χ1n) is 6.39. The van der Waals surface area contributed by atoms with Crippen LogP contribution >= 0.6 is 0 Å². The SMILES string of the molecule is CC(C)CCCCNCc1cc(C#N)n(C)c1. The first-order chi connectivity index (χ1) is 8.13. The van der Waals surface area contributed by atoms with Crippen molar-refractivity contribution in [3.05, 3.63) is 23.5 Å². The van der Waals surface area contributed by atoms with Crippen molar-refractivity contribution >= 4 is 0 Å². The van der Waals surface area contributed by atoms with E-state index in [-0.39, 0.29) is 0 Å². The molecule has 3 heteroatoms. The molecule has 17 heavy (non-hydrogen) atoms. The summed E-state index contributed by atoms with van der Waals surface area (Å²) in [6, 6.07) is 4.12. The summed E-state index contributed by atoms with van der Waals surface area (Å²) in [6.45, 7) is 6.45. The van der Waals surface area contributed by atoms with Crippen LogP contribution in [-0.2, 0) is 13.6 Å². The predicted molar refractivity (Wildman–Crippen MR) is 70.5 cm³/mol. The molecule has 0 saturated heterocycles. The molecular formula is C14H23N3. The van der Waals surface area contributed by atoms with E-state index in [1.54, 1.807) is 0 Å². The van der Waals surface area contributed by atoms with Crippen LogP contribution in [0.1, 0.15) is 44.4 Å². The van der Waals surface area contributed by atoms with Crippen LogP contribution in [0.25, 0.3) is 0 Å². The lowest BCUT2D eigenvalue weighted by atomic mass is 10.1. The second kappa shape index (κ2) is 7.13. The first-order valence-corrected chi connectivity index (χ1v) is 6.39. The van der Waals surface area contributed by atoms with Gasteiger partial charge in [-0.2, -0.15) is 5.26 Å². The molecule has 1 heterocycles. The van der Waals surface area contributed by atoms with Crippen molar-refractivity contribution in [1.82, 2.24) is 9.88 Å². The molecule has 0 aromatic carbocycles. The molecule has 0 spiro atoms. The number of aromatic nitrogens is 1. The number of hydrogen-bond donors (Lipinski definition) is 1. The molecule has 1 N–H and O–H groups in total. The molecule has 1 aromatic heterocycles. The Morgan fingerprint density at radius 3 is 2.76 bits per heavy atom. The Labute approximate surface area is 104 Å². The van der Waals surface area contributed by atoms with E-state index in [1.807, 2.05) is 23.9 Å². The highest BCUT2D eigenvalue weighted by Crippen LogP contribution is 2.07. The molecule has 0 amide bonds. The Morgan fingerprint density at radius 1 is 1.41 bits per heavy atom. The maximum Gasteiger partial charge on any atom is 0.120 e. The van der Waals surface area contributed by atoms with Gasteiger partial charge in [0.15, 0.2) is 0 Å². The standard InChI is InChI=1S/C14H23N3/c1-12(2)6-4-5-7-16-10-13-8-14(9-15)17(3)11-13/h8,11-12,16H,4-7,10H2,1-3H3. The van der Waals surface area contributed by atoms with Crippen molar-refractivity contribution in [3.63, 3.8) is 0 Å². The zero-order chi connectivity index (χ0) is 12.7. The van der Waals surface area contributed by atoms with Crippen LogP contribution in [0.5, 0.6) is 0 Å². The van der Waals surface area contributed by atoms with E-state index in [1.165, 1.54) is 24.8 Å². The molecule has 0 aliphatic heterocycles. The molecule has 94 valence electrons. The molecule has 0 radical (unpaired) electrons. The monoisotopic (exact) mass is 233 g/mol. The number of nitrogens with one attached hydrogen (secondary N) is 1. The maximum atomic E-state index is 8.83. The summed E-state index contributed by atoms with van der Waals surface area (Å²) >= 11 is 0. The van der Waals surface area contributed by atoms with Gasteiger partial charge in [-0.05, 0) is 30.5 Å². The molecule has 0 atom stereocenters. The lowest BCUT2D eigenvalue weighted by molar-refractivity contribution is 0.520. The predicted octanol–water partition coefficient (Wildman–Crippen LogP) is 2.81. The minimum absolute atomic E-state index is 0.724. The summed E-state index contributed by atoms with van der Waals surface area (Å²) in [5.74, 6) is 0.808. The van der Waals surface area contributed by atoms with Gasteiger partial charge in [-0.3, -0.25) is 0 Å². The molecule has 0 saturated carbocycles. The minimum Gasteiger partial charge on any atom is -0.342 e. The fraction of sp³-hybridized carbons (Fsp3) is 0.643. The third-order valence-electron chi connectivity index (χ3n) is 2.89. The Morgan fingerprint density at radius 2 is 2.18 bits per heavy atom. The molecular weight excluding hydrogens is 210 g/mol. The van der Waals surface area contributed by atoms with Crippen molar-refractivity contribution in [2.24, 2.45) is 13.0 Å². The van der Waals surface area contributed by atoms with E-state index in [0.29, 0.717) is 0 Å². The molecule has 3 nitrogen and oxygen atoms in total. The van der Waals surface area contributed by atoms with Gasteiger partial charge in [0, 0.05) is 19.8 Å². The van der Waals surface area contributed by atoms with Crippen LogP contribution in [-0.4, -0.2) is 11.1 Å². The third kappa shape index (κ3) is 5.06. The lowest BCUT2D eigenvalue weighted by Crippen LogP contribution is -2.14. The van der Waals surface area contributed by atoms with Crippen LogP contribution in [0.3, 0.4) is 0 Å². The fourth-order valence-corrected chi connectivity index (χ4v) is 1.88. The van der Waals surface area contributed by atoms with Gasteiger partial charge in [0.1, 0.15) is 11.8 Å². The number of nitriles is 1. The van der Waals surface area contributed by atoms with Crippen molar-refractivity contribution in [3.8, 4) is 6.07 Å². The van der Waals surface area contributed by atoms with Crippen LogP contribution in [0, 0.1) is 17.2 Å². The molecule has 1 aromatic rings. The summed E-state index contributed by atoms with van der Waals surface area (Å²) in [7, 11) is 1.91. The summed E-state index contributed by atoms with van der Waals surface area (Å²) < 4.78 is 1.87. The summed E-state index contributed by atoms with van der Waals surface area (Å²) in [6.07, 6.45) is 5.85. The van der Waals surface area contributed by atoms with E-state index in [0.717, 1.165) is 24.7 Å². The van der Waals surface area contributed by atoms with Gasteiger partial charge >= 0.3 is 0 Å². The van der Waals surface area contributed by atoms with Gasteiger partial charge in [0.05, 0.1) is 0 Å². The average molecular weight is 233 g/mol. The zero-order valence-corrected chi connectivity index (χ0v) is 11.2. The molecule has 0 aliphatic carbocycles. The van der Waals surface area contributed by atoms with Gasteiger partial charge in [0.25, 0.3) is 0 Å². The van der Waals surface area contributed by atoms with Crippen molar-refractivity contribution in [2.75, 3.05) is 6.54 Å². The smallest absolute Gasteiger partial charge is 0.120 e. The molecule has 0 unspecified atom stereocenters. The van der Waals surface area contributed by atoms with E-state index < -0.39 is 0 Å². The van der Waals surface area contributed by atoms with E-state index in [9.17, 15) is 0 Å². The Kier molecular flexibility index (Phi) is 5.79. The average Bonchev–Trinajstić information content (AvgIpc) is 2.63. The molecule has 0 bridgehead atoms. The maximum absolute atomic E-state index is 8.83. The number of aryl methyl sites for hydroxylation is 1. The molecule has 0 fully saturated rings.